The number of ether oxygens (including phenoxy) is 2. The minimum Gasteiger partial charge on any atom is -0.486 e. The van der Waals surface area contributed by atoms with Gasteiger partial charge in [-0.25, -0.2) is 0 Å². The molecule has 0 aromatic heterocycles. The highest BCUT2D eigenvalue weighted by molar-refractivity contribution is 9.10. The number of hydrogen-bond acceptors (Lipinski definition) is 4. The molecule has 20 heavy (non-hydrogen) atoms. The van der Waals surface area contributed by atoms with Gasteiger partial charge in [0.15, 0.2) is 11.5 Å². The van der Waals surface area contributed by atoms with Crippen LogP contribution in [0.4, 0.5) is 0 Å². The minimum absolute atomic E-state index is 0. The van der Waals surface area contributed by atoms with E-state index in [1.807, 2.05) is 6.07 Å². The third-order valence-electron chi connectivity index (χ3n) is 3.79. The number of nitrogens with one attached hydrogen (secondary N) is 1. The van der Waals surface area contributed by atoms with Crippen molar-refractivity contribution < 1.29 is 9.47 Å². The fourth-order valence-corrected chi connectivity index (χ4v) is 3.09. The highest BCUT2D eigenvalue weighted by Gasteiger charge is 2.21. The van der Waals surface area contributed by atoms with Gasteiger partial charge in [-0.05, 0) is 37.7 Å². The first-order chi connectivity index (χ1) is 9.24. The van der Waals surface area contributed by atoms with Crippen molar-refractivity contribution >= 4 is 28.3 Å². The zero-order valence-corrected chi connectivity index (χ0v) is 13.9. The van der Waals surface area contributed by atoms with Crippen molar-refractivity contribution in [3.8, 4) is 11.5 Å². The Kier molecular flexibility index (Phi) is 5.55. The van der Waals surface area contributed by atoms with E-state index in [2.05, 4.69) is 39.3 Å². The summed E-state index contributed by atoms with van der Waals surface area (Å²) in [6.45, 7) is 4.39. The summed E-state index contributed by atoms with van der Waals surface area (Å²) >= 11 is 3.63. The number of fused-ring (bicyclic) bond motifs is 1. The summed E-state index contributed by atoms with van der Waals surface area (Å²) in [6, 6.07) is 4.74. The van der Waals surface area contributed by atoms with E-state index in [-0.39, 0.29) is 12.4 Å². The Balaban J connectivity index is 0.00000147. The fourth-order valence-electron chi connectivity index (χ4n) is 2.64. The lowest BCUT2D eigenvalue weighted by atomic mass is 10.1. The molecule has 1 aromatic carbocycles. The predicted molar refractivity (Wildman–Crippen MR) is 85.1 cm³/mol. The molecule has 0 aliphatic carbocycles. The molecule has 2 aliphatic rings. The number of rotatable bonds is 3. The van der Waals surface area contributed by atoms with Crippen LogP contribution in [0.3, 0.4) is 0 Å². The van der Waals surface area contributed by atoms with Gasteiger partial charge in [-0.1, -0.05) is 15.9 Å². The maximum atomic E-state index is 5.65. The van der Waals surface area contributed by atoms with Crippen molar-refractivity contribution in [2.24, 2.45) is 0 Å². The molecule has 1 fully saturated rings. The molecule has 112 valence electrons. The van der Waals surface area contributed by atoms with Crippen molar-refractivity contribution in [1.29, 1.82) is 0 Å². The number of nitrogens with zero attached hydrogens (tertiary/aromatic N) is 1. The van der Waals surface area contributed by atoms with Gasteiger partial charge in [0.2, 0.25) is 0 Å². The van der Waals surface area contributed by atoms with E-state index in [1.165, 1.54) is 12.0 Å². The Bertz CT molecular complexity index is 467. The first-order valence-corrected chi connectivity index (χ1v) is 7.52. The summed E-state index contributed by atoms with van der Waals surface area (Å²) in [4.78, 5) is 2.40. The number of likely N-dealkylation sites (N-methyl/N-ethyl adjacent to an activating group) is 1. The molecule has 6 heteroatoms. The summed E-state index contributed by atoms with van der Waals surface area (Å²) in [5.74, 6) is 1.70. The maximum Gasteiger partial charge on any atom is 0.162 e. The van der Waals surface area contributed by atoms with E-state index in [4.69, 9.17) is 9.47 Å². The van der Waals surface area contributed by atoms with Crippen LogP contribution in [0.5, 0.6) is 11.5 Å². The lowest BCUT2D eigenvalue weighted by molar-refractivity contribution is 0.170. The fraction of sp³-hybridized carbons (Fsp3) is 0.571. The molecule has 1 saturated heterocycles. The maximum absolute atomic E-state index is 5.65. The Labute approximate surface area is 134 Å². The number of halogens is 2. The molecule has 0 radical (unpaired) electrons. The smallest absolute Gasteiger partial charge is 0.162 e. The monoisotopic (exact) mass is 362 g/mol. The van der Waals surface area contributed by atoms with Gasteiger partial charge in [0, 0.05) is 23.6 Å². The lowest BCUT2D eigenvalue weighted by Gasteiger charge is -2.25. The van der Waals surface area contributed by atoms with E-state index < -0.39 is 0 Å². The summed E-state index contributed by atoms with van der Waals surface area (Å²) in [5.41, 5.74) is 1.25. The molecule has 3 rings (SSSR count). The quantitative estimate of drug-likeness (QED) is 0.894. The topological polar surface area (TPSA) is 33.7 Å². The molecule has 1 atom stereocenters. The standard InChI is InChI=1S/C14H19BrN2O2.ClH/c1-17(11-2-3-16-8-11)9-10-6-13-14(7-12(10)15)19-5-4-18-13;/h6-7,11,16H,2-5,8-9H2,1H3;1H. The van der Waals surface area contributed by atoms with Crippen molar-refractivity contribution in [3.05, 3.63) is 22.2 Å². The van der Waals surface area contributed by atoms with Crippen molar-refractivity contribution in [3.63, 3.8) is 0 Å². The van der Waals surface area contributed by atoms with Crippen LogP contribution in [0.2, 0.25) is 0 Å². The highest BCUT2D eigenvalue weighted by Crippen LogP contribution is 2.36. The predicted octanol–water partition coefficient (Wildman–Crippen LogP) is 2.44. The number of hydrogen-bond donors (Lipinski definition) is 1. The van der Waals surface area contributed by atoms with Crippen LogP contribution < -0.4 is 14.8 Å². The van der Waals surface area contributed by atoms with Gasteiger partial charge in [0.05, 0.1) is 0 Å². The summed E-state index contributed by atoms with van der Waals surface area (Å²) < 4.78 is 12.3. The summed E-state index contributed by atoms with van der Waals surface area (Å²) in [7, 11) is 2.18. The van der Waals surface area contributed by atoms with Crippen molar-refractivity contribution in [2.75, 3.05) is 33.4 Å². The average Bonchev–Trinajstić information content (AvgIpc) is 2.93. The molecule has 1 N–H and O–H groups in total. The van der Waals surface area contributed by atoms with Gasteiger partial charge in [-0.2, -0.15) is 0 Å². The summed E-state index contributed by atoms with van der Waals surface area (Å²) in [5, 5.41) is 3.41. The van der Waals surface area contributed by atoms with Gasteiger partial charge in [-0.15, -0.1) is 12.4 Å². The minimum atomic E-state index is 0. The molecular formula is C14H20BrClN2O2. The van der Waals surface area contributed by atoms with Gasteiger partial charge in [-0.3, -0.25) is 4.90 Å². The Morgan fingerprint density at radius 3 is 2.65 bits per heavy atom. The average molecular weight is 364 g/mol. The van der Waals surface area contributed by atoms with E-state index in [1.54, 1.807) is 0 Å². The van der Waals surface area contributed by atoms with Crippen LogP contribution in [0.25, 0.3) is 0 Å². The Morgan fingerprint density at radius 2 is 2.00 bits per heavy atom. The van der Waals surface area contributed by atoms with Gasteiger partial charge >= 0.3 is 0 Å². The van der Waals surface area contributed by atoms with Gasteiger partial charge < -0.3 is 14.8 Å². The lowest BCUT2D eigenvalue weighted by Crippen LogP contribution is -2.33. The third-order valence-corrected chi connectivity index (χ3v) is 4.53. The molecule has 0 spiro atoms. The number of benzene rings is 1. The molecule has 0 amide bonds. The molecule has 1 unspecified atom stereocenters. The first-order valence-electron chi connectivity index (χ1n) is 6.73. The van der Waals surface area contributed by atoms with E-state index in [0.29, 0.717) is 19.3 Å². The summed E-state index contributed by atoms with van der Waals surface area (Å²) in [6.07, 6.45) is 1.22. The molecule has 1 aromatic rings. The highest BCUT2D eigenvalue weighted by atomic mass is 79.9. The first kappa shape index (κ1) is 15.9. The second-order valence-electron chi connectivity index (χ2n) is 5.15. The normalized spacial score (nSPS) is 20.9. The van der Waals surface area contributed by atoms with E-state index in [9.17, 15) is 0 Å². The van der Waals surface area contributed by atoms with Crippen LogP contribution in [0.15, 0.2) is 16.6 Å². The molecular weight excluding hydrogens is 344 g/mol. The molecule has 0 bridgehead atoms. The Hall–Kier alpha value is -0.490. The van der Waals surface area contributed by atoms with Crippen LogP contribution in [0.1, 0.15) is 12.0 Å². The third kappa shape index (κ3) is 3.39. The van der Waals surface area contributed by atoms with Crippen LogP contribution in [-0.2, 0) is 6.54 Å². The molecule has 2 aliphatic heterocycles. The molecule has 2 heterocycles. The zero-order chi connectivity index (χ0) is 13.2. The SMILES string of the molecule is CN(Cc1cc2c(cc1Br)OCCO2)C1CCNC1.Cl. The zero-order valence-electron chi connectivity index (χ0n) is 11.5. The molecule has 0 saturated carbocycles. The van der Waals surface area contributed by atoms with Gasteiger partial charge in [0.1, 0.15) is 13.2 Å². The van der Waals surface area contributed by atoms with E-state index in [0.717, 1.165) is 35.6 Å². The Morgan fingerprint density at radius 1 is 1.30 bits per heavy atom. The molecule has 4 nitrogen and oxygen atoms in total. The largest absolute Gasteiger partial charge is 0.486 e. The second-order valence-corrected chi connectivity index (χ2v) is 6.00. The van der Waals surface area contributed by atoms with Crippen LogP contribution in [0, 0.1) is 0 Å². The van der Waals surface area contributed by atoms with Gasteiger partial charge in [0.25, 0.3) is 0 Å². The van der Waals surface area contributed by atoms with Crippen molar-refractivity contribution in [2.45, 2.75) is 19.0 Å². The second kappa shape index (κ2) is 6.98. The van der Waals surface area contributed by atoms with E-state index >= 15 is 0 Å². The van der Waals surface area contributed by atoms with Crippen LogP contribution >= 0.6 is 28.3 Å². The van der Waals surface area contributed by atoms with Crippen LogP contribution in [-0.4, -0.2) is 44.3 Å². The van der Waals surface area contributed by atoms with Crippen molar-refractivity contribution in [1.82, 2.24) is 10.2 Å².